The summed E-state index contributed by atoms with van der Waals surface area (Å²) in [5.74, 6) is 0.398. The van der Waals surface area contributed by atoms with Crippen LogP contribution in [0.25, 0.3) is 0 Å². The van der Waals surface area contributed by atoms with Crippen LogP contribution in [-0.2, 0) is 4.79 Å². The molecule has 1 atom stereocenters. The number of benzene rings is 1. The zero-order chi connectivity index (χ0) is 16.3. The molecule has 1 aromatic carbocycles. The average Bonchev–Trinajstić information content (AvgIpc) is 2.94. The van der Waals surface area contributed by atoms with Crippen LogP contribution in [0, 0.1) is 5.92 Å². The van der Waals surface area contributed by atoms with Gasteiger partial charge in [0.2, 0.25) is 5.91 Å². The monoisotopic (exact) mass is 378 g/mol. The Morgan fingerprint density at radius 3 is 2.30 bits per heavy atom. The van der Waals surface area contributed by atoms with E-state index in [-0.39, 0.29) is 24.4 Å². The molecule has 0 spiro atoms. The molecule has 1 aliphatic rings. The number of anilines is 1. The van der Waals surface area contributed by atoms with Gasteiger partial charge < -0.3 is 9.80 Å². The first-order chi connectivity index (χ1) is 10.4. The first-order valence-corrected chi connectivity index (χ1v) is 8.63. The zero-order valence-corrected chi connectivity index (χ0v) is 16.2. The van der Waals surface area contributed by atoms with Crippen molar-refractivity contribution in [3.63, 3.8) is 0 Å². The van der Waals surface area contributed by atoms with Crippen molar-refractivity contribution < 1.29 is 4.79 Å². The van der Waals surface area contributed by atoms with Crippen LogP contribution < -0.4 is 4.90 Å². The van der Waals surface area contributed by atoms with Crippen LogP contribution >= 0.6 is 35.6 Å². The molecule has 3 nitrogen and oxygen atoms in total. The molecule has 1 amide bonds. The van der Waals surface area contributed by atoms with Crippen LogP contribution in [0.2, 0.25) is 10.0 Å². The van der Waals surface area contributed by atoms with E-state index in [0.29, 0.717) is 16.0 Å². The topological polar surface area (TPSA) is 23.6 Å². The molecule has 0 bridgehead atoms. The first kappa shape index (κ1) is 20.6. The number of carbonyl (C=O) groups excluding carboxylic acids is 1. The Morgan fingerprint density at radius 1 is 1.22 bits per heavy atom. The van der Waals surface area contributed by atoms with Gasteiger partial charge in [-0.1, -0.05) is 37.0 Å². The fourth-order valence-corrected chi connectivity index (χ4v) is 3.35. The Hall–Kier alpha value is -0.480. The SMILES string of the molecule is CC(=O)N(c1ccc(Cl)c(Cl)c1)C(CN1CCCC1)C(C)C.Cl. The smallest absolute Gasteiger partial charge is 0.224 e. The van der Waals surface area contributed by atoms with Crippen molar-refractivity contribution >= 4 is 47.2 Å². The number of amides is 1. The average molecular weight is 380 g/mol. The fraction of sp³-hybridized carbons (Fsp3) is 0.588. The number of hydrogen-bond acceptors (Lipinski definition) is 2. The van der Waals surface area contributed by atoms with Gasteiger partial charge in [-0.15, -0.1) is 12.4 Å². The van der Waals surface area contributed by atoms with Gasteiger partial charge in [-0.25, -0.2) is 0 Å². The summed E-state index contributed by atoms with van der Waals surface area (Å²) in [6.07, 6.45) is 2.50. The van der Waals surface area contributed by atoms with Gasteiger partial charge in [-0.05, 0) is 50.0 Å². The summed E-state index contributed by atoms with van der Waals surface area (Å²) in [6.45, 7) is 9.08. The highest BCUT2D eigenvalue weighted by atomic mass is 35.5. The maximum absolute atomic E-state index is 12.3. The molecule has 0 aromatic heterocycles. The van der Waals surface area contributed by atoms with E-state index in [9.17, 15) is 4.79 Å². The number of likely N-dealkylation sites (tertiary alicyclic amines) is 1. The van der Waals surface area contributed by atoms with Crippen LogP contribution in [0.15, 0.2) is 18.2 Å². The molecule has 1 heterocycles. The van der Waals surface area contributed by atoms with Crippen molar-refractivity contribution in [1.82, 2.24) is 4.90 Å². The number of carbonyl (C=O) groups is 1. The van der Waals surface area contributed by atoms with E-state index < -0.39 is 0 Å². The first-order valence-electron chi connectivity index (χ1n) is 7.87. The molecule has 6 heteroatoms. The summed E-state index contributed by atoms with van der Waals surface area (Å²) in [4.78, 5) is 16.6. The molecule has 23 heavy (non-hydrogen) atoms. The standard InChI is InChI=1S/C17H24Cl2N2O.ClH/c1-12(2)17(11-20-8-4-5-9-20)21(13(3)22)14-6-7-15(18)16(19)10-14;/h6-7,10,12,17H,4-5,8-9,11H2,1-3H3;1H. The molecule has 0 radical (unpaired) electrons. The molecule has 0 aliphatic carbocycles. The molecule has 1 saturated heterocycles. The minimum absolute atomic E-state index is 0. The summed E-state index contributed by atoms with van der Waals surface area (Å²) < 4.78 is 0. The maximum atomic E-state index is 12.3. The molecule has 1 unspecified atom stereocenters. The summed E-state index contributed by atoms with van der Waals surface area (Å²) >= 11 is 12.1. The molecule has 130 valence electrons. The Morgan fingerprint density at radius 2 is 1.83 bits per heavy atom. The summed E-state index contributed by atoms with van der Waals surface area (Å²) in [5.41, 5.74) is 0.819. The molecule has 1 fully saturated rings. The van der Waals surface area contributed by atoms with Crippen molar-refractivity contribution in [1.29, 1.82) is 0 Å². The number of nitrogens with zero attached hydrogens (tertiary/aromatic N) is 2. The van der Waals surface area contributed by atoms with Crippen molar-refractivity contribution in [2.24, 2.45) is 5.92 Å². The van der Waals surface area contributed by atoms with Gasteiger partial charge in [0.05, 0.1) is 16.1 Å². The third-order valence-electron chi connectivity index (χ3n) is 4.27. The molecular formula is C17H25Cl3N2O. The van der Waals surface area contributed by atoms with Crippen LogP contribution in [-0.4, -0.2) is 36.5 Å². The molecule has 0 saturated carbocycles. The fourth-order valence-electron chi connectivity index (χ4n) is 3.06. The number of hydrogen-bond donors (Lipinski definition) is 0. The van der Waals surface area contributed by atoms with Crippen molar-refractivity contribution in [2.45, 2.75) is 39.7 Å². The van der Waals surface area contributed by atoms with Gasteiger partial charge in [0.25, 0.3) is 0 Å². The Kier molecular flexibility index (Phi) is 8.15. The molecule has 1 aromatic rings. The minimum Gasteiger partial charge on any atom is -0.308 e. The molecule has 2 rings (SSSR count). The quantitative estimate of drug-likeness (QED) is 0.727. The highest BCUT2D eigenvalue weighted by molar-refractivity contribution is 6.42. The van der Waals surface area contributed by atoms with E-state index in [2.05, 4.69) is 18.7 Å². The van der Waals surface area contributed by atoms with Crippen LogP contribution in [0.4, 0.5) is 5.69 Å². The normalized spacial score (nSPS) is 16.3. The molecule has 0 N–H and O–H groups in total. The lowest BCUT2D eigenvalue weighted by Gasteiger charge is -2.36. The van der Waals surface area contributed by atoms with E-state index >= 15 is 0 Å². The van der Waals surface area contributed by atoms with E-state index in [1.165, 1.54) is 12.8 Å². The van der Waals surface area contributed by atoms with E-state index in [1.54, 1.807) is 19.1 Å². The third-order valence-corrected chi connectivity index (χ3v) is 5.00. The number of halogens is 3. The van der Waals surface area contributed by atoms with Crippen molar-refractivity contribution in [3.05, 3.63) is 28.2 Å². The highest BCUT2D eigenvalue weighted by Crippen LogP contribution is 2.30. The van der Waals surface area contributed by atoms with Crippen LogP contribution in [0.3, 0.4) is 0 Å². The minimum atomic E-state index is 0. The third kappa shape index (κ3) is 5.25. The van der Waals surface area contributed by atoms with Gasteiger partial charge in [0.15, 0.2) is 0 Å². The predicted molar refractivity (Wildman–Crippen MR) is 101 cm³/mol. The second-order valence-corrected chi connectivity index (χ2v) is 7.12. The lowest BCUT2D eigenvalue weighted by Crippen LogP contribution is -2.48. The van der Waals surface area contributed by atoms with Crippen LogP contribution in [0.5, 0.6) is 0 Å². The van der Waals surface area contributed by atoms with Crippen molar-refractivity contribution in [3.8, 4) is 0 Å². The number of rotatable bonds is 5. The van der Waals surface area contributed by atoms with Gasteiger partial charge in [-0.3, -0.25) is 4.79 Å². The Bertz CT molecular complexity index is 531. The highest BCUT2D eigenvalue weighted by Gasteiger charge is 2.28. The van der Waals surface area contributed by atoms with Crippen molar-refractivity contribution in [2.75, 3.05) is 24.5 Å². The largest absolute Gasteiger partial charge is 0.308 e. The van der Waals surface area contributed by atoms with Gasteiger partial charge in [0, 0.05) is 19.2 Å². The maximum Gasteiger partial charge on any atom is 0.224 e. The Balaban J connectivity index is 0.00000264. The molecule has 1 aliphatic heterocycles. The van der Waals surface area contributed by atoms with E-state index in [4.69, 9.17) is 23.2 Å². The van der Waals surface area contributed by atoms with Gasteiger partial charge in [0.1, 0.15) is 0 Å². The second kappa shape index (κ2) is 9.12. The lowest BCUT2D eigenvalue weighted by molar-refractivity contribution is -0.117. The second-order valence-electron chi connectivity index (χ2n) is 6.31. The van der Waals surface area contributed by atoms with E-state index in [1.807, 2.05) is 11.0 Å². The van der Waals surface area contributed by atoms with Crippen LogP contribution in [0.1, 0.15) is 33.6 Å². The lowest BCUT2D eigenvalue weighted by atomic mass is 10.0. The summed E-state index contributed by atoms with van der Waals surface area (Å²) in [5, 5.41) is 0.989. The summed E-state index contributed by atoms with van der Waals surface area (Å²) in [7, 11) is 0. The van der Waals surface area contributed by atoms with Gasteiger partial charge >= 0.3 is 0 Å². The molecular weight excluding hydrogens is 355 g/mol. The van der Waals surface area contributed by atoms with E-state index in [0.717, 1.165) is 25.3 Å². The predicted octanol–water partition coefficient (Wildman–Crippen LogP) is 4.89. The summed E-state index contributed by atoms with van der Waals surface area (Å²) in [6, 6.07) is 5.54. The zero-order valence-electron chi connectivity index (χ0n) is 13.9. The van der Waals surface area contributed by atoms with Gasteiger partial charge in [-0.2, -0.15) is 0 Å². The Labute approximate surface area is 155 Å².